The van der Waals surface area contributed by atoms with Crippen LogP contribution in [-0.4, -0.2) is 16.1 Å². The molecular formula is C18H15FN2O3. The maximum Gasteiger partial charge on any atom is 0.339 e. The van der Waals surface area contributed by atoms with Gasteiger partial charge in [-0.3, -0.25) is 0 Å². The third kappa shape index (κ3) is 2.75. The van der Waals surface area contributed by atoms with E-state index in [0.29, 0.717) is 33.8 Å². The third-order valence-corrected chi connectivity index (χ3v) is 4.11. The lowest BCUT2D eigenvalue weighted by Crippen LogP contribution is -2.08. The number of carbonyl (C=O) groups is 1. The van der Waals surface area contributed by atoms with Crippen LogP contribution >= 0.6 is 0 Å². The van der Waals surface area contributed by atoms with Gasteiger partial charge in [-0.05, 0) is 43.5 Å². The molecule has 0 unspecified atom stereocenters. The molecule has 24 heavy (non-hydrogen) atoms. The van der Waals surface area contributed by atoms with Crippen LogP contribution in [-0.2, 0) is 11.3 Å². The summed E-state index contributed by atoms with van der Waals surface area (Å²) < 4.78 is 23.8. The Morgan fingerprint density at radius 3 is 2.96 bits per heavy atom. The first-order chi connectivity index (χ1) is 11.6. The smallest absolute Gasteiger partial charge is 0.339 e. The van der Waals surface area contributed by atoms with E-state index in [4.69, 9.17) is 9.26 Å². The molecule has 4 rings (SSSR count). The maximum atomic E-state index is 13.2. The summed E-state index contributed by atoms with van der Waals surface area (Å²) in [6.45, 7) is 1.76. The average Bonchev–Trinajstić information content (AvgIpc) is 3.36. The van der Waals surface area contributed by atoms with Gasteiger partial charge in [-0.2, -0.15) is 0 Å². The summed E-state index contributed by atoms with van der Waals surface area (Å²) in [5, 5.41) is 4.47. The van der Waals surface area contributed by atoms with E-state index in [1.165, 1.54) is 12.1 Å². The number of esters is 1. The number of benzene rings is 1. The number of aryl methyl sites for hydroxylation is 1. The molecule has 0 N–H and O–H groups in total. The van der Waals surface area contributed by atoms with Crippen LogP contribution in [0, 0.1) is 12.7 Å². The number of ether oxygens (including phenoxy) is 1. The first-order valence-corrected chi connectivity index (χ1v) is 7.80. The predicted octanol–water partition coefficient (Wildman–Crippen LogP) is 3.90. The molecule has 1 aliphatic rings. The summed E-state index contributed by atoms with van der Waals surface area (Å²) in [5.74, 6) is -0.477. The van der Waals surface area contributed by atoms with E-state index >= 15 is 0 Å². The number of aromatic nitrogens is 2. The third-order valence-electron chi connectivity index (χ3n) is 4.11. The highest BCUT2D eigenvalue weighted by Crippen LogP contribution is 2.40. The van der Waals surface area contributed by atoms with Gasteiger partial charge in [-0.25, -0.2) is 14.2 Å². The average molecular weight is 326 g/mol. The molecule has 2 heterocycles. The minimum Gasteiger partial charge on any atom is -0.457 e. The Bertz CT molecular complexity index is 931. The molecular weight excluding hydrogens is 311 g/mol. The monoisotopic (exact) mass is 326 g/mol. The highest BCUT2D eigenvalue weighted by molar-refractivity contribution is 6.03. The fourth-order valence-corrected chi connectivity index (χ4v) is 2.72. The van der Waals surface area contributed by atoms with Gasteiger partial charge in [-0.1, -0.05) is 17.3 Å². The van der Waals surface area contributed by atoms with Crippen LogP contribution in [0.1, 0.15) is 46.1 Å². The van der Waals surface area contributed by atoms with Gasteiger partial charge < -0.3 is 9.26 Å². The van der Waals surface area contributed by atoms with Gasteiger partial charge in [0.05, 0.1) is 16.6 Å². The molecule has 5 nitrogen and oxygen atoms in total. The molecule has 3 aromatic rings. The minimum atomic E-state index is -0.486. The molecule has 0 spiro atoms. The Hall–Kier alpha value is -2.76. The van der Waals surface area contributed by atoms with Crippen LogP contribution in [0.5, 0.6) is 0 Å². The van der Waals surface area contributed by atoms with E-state index in [1.807, 2.05) is 0 Å². The highest BCUT2D eigenvalue weighted by atomic mass is 19.1. The number of halogens is 1. The Morgan fingerprint density at radius 1 is 1.38 bits per heavy atom. The molecule has 0 saturated heterocycles. The molecule has 1 aliphatic carbocycles. The van der Waals surface area contributed by atoms with Gasteiger partial charge in [0.2, 0.25) is 0 Å². The van der Waals surface area contributed by atoms with Crippen molar-refractivity contribution in [1.29, 1.82) is 0 Å². The summed E-state index contributed by atoms with van der Waals surface area (Å²) >= 11 is 0. The molecule has 0 atom stereocenters. The summed E-state index contributed by atoms with van der Waals surface area (Å²) in [4.78, 5) is 17.0. The number of pyridine rings is 1. The Kier molecular flexibility index (Phi) is 3.52. The van der Waals surface area contributed by atoms with Crippen LogP contribution < -0.4 is 0 Å². The lowest BCUT2D eigenvalue weighted by molar-refractivity contribution is 0.0474. The SMILES string of the molecule is Cc1noc2nc(C3CC3)cc(C(=O)OCc3cccc(F)c3)c12. The predicted molar refractivity (Wildman–Crippen MR) is 84.0 cm³/mol. The zero-order valence-electron chi connectivity index (χ0n) is 13.1. The number of fused-ring (bicyclic) bond motifs is 1. The van der Waals surface area contributed by atoms with E-state index < -0.39 is 5.97 Å². The quantitative estimate of drug-likeness (QED) is 0.680. The van der Waals surface area contributed by atoms with Crippen LogP contribution in [0.2, 0.25) is 0 Å². The molecule has 0 amide bonds. The largest absolute Gasteiger partial charge is 0.457 e. The zero-order valence-corrected chi connectivity index (χ0v) is 13.1. The molecule has 1 fully saturated rings. The molecule has 2 aromatic heterocycles. The van der Waals surface area contributed by atoms with E-state index in [-0.39, 0.29) is 12.4 Å². The van der Waals surface area contributed by atoms with Crippen molar-refractivity contribution in [1.82, 2.24) is 10.1 Å². The van der Waals surface area contributed by atoms with Crippen molar-refractivity contribution in [3.05, 3.63) is 58.7 Å². The van der Waals surface area contributed by atoms with Crippen molar-refractivity contribution in [2.75, 3.05) is 0 Å². The van der Waals surface area contributed by atoms with Gasteiger partial charge in [0.1, 0.15) is 12.4 Å². The van der Waals surface area contributed by atoms with E-state index in [1.54, 1.807) is 25.1 Å². The number of hydrogen-bond acceptors (Lipinski definition) is 5. The molecule has 122 valence electrons. The zero-order chi connectivity index (χ0) is 16.7. The maximum absolute atomic E-state index is 13.2. The topological polar surface area (TPSA) is 65.2 Å². The second-order valence-corrected chi connectivity index (χ2v) is 6.02. The standard InChI is InChI=1S/C18H15FN2O3/c1-10-16-14(8-15(12-5-6-12)20-17(16)24-21-10)18(22)23-9-11-3-2-4-13(19)7-11/h2-4,7-8,12H,5-6,9H2,1H3. The molecule has 0 aliphatic heterocycles. The highest BCUT2D eigenvalue weighted by Gasteiger charge is 2.29. The van der Waals surface area contributed by atoms with Gasteiger partial charge in [0.25, 0.3) is 5.71 Å². The molecule has 0 radical (unpaired) electrons. The number of rotatable bonds is 4. The van der Waals surface area contributed by atoms with Crippen LogP contribution in [0.4, 0.5) is 4.39 Å². The van der Waals surface area contributed by atoms with E-state index in [0.717, 1.165) is 18.5 Å². The summed E-state index contributed by atoms with van der Waals surface area (Å²) in [6.07, 6.45) is 2.12. The van der Waals surface area contributed by atoms with Gasteiger partial charge in [0.15, 0.2) is 0 Å². The van der Waals surface area contributed by atoms with Gasteiger partial charge >= 0.3 is 5.97 Å². The molecule has 1 aromatic carbocycles. The normalized spacial score (nSPS) is 14.1. The fourth-order valence-electron chi connectivity index (χ4n) is 2.72. The van der Waals surface area contributed by atoms with Gasteiger partial charge in [-0.15, -0.1) is 0 Å². The molecule has 1 saturated carbocycles. The van der Waals surface area contributed by atoms with Gasteiger partial charge in [0, 0.05) is 11.6 Å². The Morgan fingerprint density at radius 2 is 2.21 bits per heavy atom. The summed E-state index contributed by atoms with van der Waals surface area (Å²) in [5.41, 5.74) is 2.78. The first kappa shape index (κ1) is 14.8. The van der Waals surface area contributed by atoms with Crippen LogP contribution in [0.3, 0.4) is 0 Å². The Labute approximate surface area is 137 Å². The minimum absolute atomic E-state index is 0.00347. The number of carbonyl (C=O) groups excluding carboxylic acids is 1. The summed E-state index contributed by atoms with van der Waals surface area (Å²) in [6, 6.07) is 7.74. The lowest BCUT2D eigenvalue weighted by Gasteiger charge is -2.07. The number of nitrogens with zero attached hydrogens (tertiary/aromatic N) is 2. The van der Waals surface area contributed by atoms with Crippen molar-refractivity contribution in [2.45, 2.75) is 32.3 Å². The van der Waals surface area contributed by atoms with Crippen molar-refractivity contribution < 1.29 is 18.4 Å². The number of hydrogen-bond donors (Lipinski definition) is 0. The summed E-state index contributed by atoms with van der Waals surface area (Å²) in [7, 11) is 0. The van der Waals surface area contributed by atoms with Crippen molar-refractivity contribution in [2.24, 2.45) is 0 Å². The van der Waals surface area contributed by atoms with Crippen LogP contribution in [0.15, 0.2) is 34.9 Å². The Balaban J connectivity index is 1.64. The van der Waals surface area contributed by atoms with Crippen LogP contribution in [0.25, 0.3) is 11.1 Å². The second kappa shape index (κ2) is 5.70. The van der Waals surface area contributed by atoms with E-state index in [2.05, 4.69) is 10.1 Å². The lowest BCUT2D eigenvalue weighted by atomic mass is 10.1. The molecule has 6 heteroatoms. The van der Waals surface area contributed by atoms with Crippen molar-refractivity contribution in [3.63, 3.8) is 0 Å². The first-order valence-electron chi connectivity index (χ1n) is 7.80. The molecule has 0 bridgehead atoms. The fraction of sp³-hybridized carbons (Fsp3) is 0.278. The van der Waals surface area contributed by atoms with Crippen molar-refractivity contribution in [3.8, 4) is 0 Å². The van der Waals surface area contributed by atoms with E-state index in [9.17, 15) is 9.18 Å². The second-order valence-electron chi connectivity index (χ2n) is 6.02. The van der Waals surface area contributed by atoms with Crippen molar-refractivity contribution >= 4 is 17.1 Å².